The number of likely N-dealkylation sites (tertiary alicyclic amines) is 1. The zero-order chi connectivity index (χ0) is 14.5. The molecular weight excluding hydrogens is 244 g/mol. The van der Waals surface area contributed by atoms with E-state index in [1.165, 1.54) is 6.20 Å². The van der Waals surface area contributed by atoms with Crippen molar-refractivity contribution in [1.82, 2.24) is 4.90 Å². The summed E-state index contributed by atoms with van der Waals surface area (Å²) in [7, 11) is 0. The van der Waals surface area contributed by atoms with Gasteiger partial charge in [-0.25, -0.2) is 4.79 Å². The van der Waals surface area contributed by atoms with Crippen LogP contribution in [0.15, 0.2) is 17.3 Å². The van der Waals surface area contributed by atoms with E-state index < -0.39 is 5.60 Å². The number of ether oxygens (including phenoxy) is 1. The van der Waals surface area contributed by atoms with Gasteiger partial charge in [0.05, 0.1) is 12.6 Å². The fourth-order valence-electron chi connectivity index (χ4n) is 1.96. The van der Waals surface area contributed by atoms with Crippen molar-refractivity contribution in [2.24, 2.45) is 16.5 Å². The number of carbonyl (C=O) groups excluding carboxylic acids is 1. The van der Waals surface area contributed by atoms with E-state index in [9.17, 15) is 4.79 Å². The highest BCUT2D eigenvalue weighted by atomic mass is 16.6. The van der Waals surface area contributed by atoms with Crippen LogP contribution in [0.5, 0.6) is 0 Å². The Hall–Kier alpha value is -1.56. The molecule has 6 heteroatoms. The predicted molar refractivity (Wildman–Crippen MR) is 76.0 cm³/mol. The molecule has 0 saturated carbocycles. The number of rotatable bonds is 3. The first-order chi connectivity index (χ1) is 8.83. The van der Waals surface area contributed by atoms with E-state index in [0.29, 0.717) is 13.1 Å². The second-order valence-electron chi connectivity index (χ2n) is 5.68. The lowest BCUT2D eigenvalue weighted by Crippen LogP contribution is -2.41. The highest BCUT2D eigenvalue weighted by Crippen LogP contribution is 2.20. The molecule has 1 heterocycles. The van der Waals surface area contributed by atoms with Crippen molar-refractivity contribution >= 4 is 12.3 Å². The van der Waals surface area contributed by atoms with Gasteiger partial charge in [0.15, 0.2) is 0 Å². The average Bonchev–Trinajstić information content (AvgIpc) is 2.64. The molecule has 19 heavy (non-hydrogen) atoms. The molecule has 0 spiro atoms. The van der Waals surface area contributed by atoms with Crippen molar-refractivity contribution in [3.8, 4) is 0 Å². The summed E-state index contributed by atoms with van der Waals surface area (Å²) >= 11 is 0. The SMILES string of the molecule is CC(C)(C)OC(=O)N1C[C@H](N)C[C@H]1CN=CC=CN. The topological polar surface area (TPSA) is 93.9 Å². The largest absolute Gasteiger partial charge is 0.444 e. The molecule has 2 atom stereocenters. The van der Waals surface area contributed by atoms with Gasteiger partial charge in [-0.2, -0.15) is 0 Å². The standard InChI is InChI=1S/C13H24N4O2/c1-13(2,3)19-12(18)17-9-10(15)7-11(17)8-16-6-4-5-14/h4-6,10-11H,7-9,14-15H2,1-3H3/t10-,11+/m1/s1. The number of amides is 1. The number of aliphatic imine (C=N–C) groups is 1. The van der Waals surface area contributed by atoms with E-state index in [0.717, 1.165) is 6.42 Å². The Morgan fingerprint density at radius 3 is 2.79 bits per heavy atom. The van der Waals surface area contributed by atoms with Crippen LogP contribution in [0, 0.1) is 0 Å². The highest BCUT2D eigenvalue weighted by Gasteiger charge is 2.35. The lowest BCUT2D eigenvalue weighted by atomic mass is 10.2. The normalized spacial score (nSPS) is 24.5. The van der Waals surface area contributed by atoms with Gasteiger partial charge in [0.1, 0.15) is 5.60 Å². The number of nitrogens with two attached hydrogens (primary N) is 2. The summed E-state index contributed by atoms with van der Waals surface area (Å²) in [4.78, 5) is 17.9. The van der Waals surface area contributed by atoms with Gasteiger partial charge in [0.2, 0.25) is 0 Å². The molecule has 1 amide bonds. The van der Waals surface area contributed by atoms with Gasteiger partial charge in [-0.05, 0) is 39.5 Å². The summed E-state index contributed by atoms with van der Waals surface area (Å²) in [5, 5.41) is 0. The minimum Gasteiger partial charge on any atom is -0.444 e. The Bertz CT molecular complexity index is 360. The number of carbonyl (C=O) groups is 1. The smallest absolute Gasteiger partial charge is 0.410 e. The molecule has 0 aromatic rings. The van der Waals surface area contributed by atoms with Gasteiger partial charge in [-0.3, -0.25) is 4.99 Å². The summed E-state index contributed by atoms with van der Waals surface area (Å²) in [6.07, 6.45) is 5.09. The van der Waals surface area contributed by atoms with E-state index in [1.807, 2.05) is 20.8 Å². The van der Waals surface area contributed by atoms with Crippen LogP contribution < -0.4 is 11.5 Å². The molecular formula is C13H24N4O2. The molecule has 108 valence electrons. The van der Waals surface area contributed by atoms with Crippen molar-refractivity contribution in [3.05, 3.63) is 12.3 Å². The molecule has 1 rings (SSSR count). The van der Waals surface area contributed by atoms with E-state index in [2.05, 4.69) is 4.99 Å². The zero-order valence-corrected chi connectivity index (χ0v) is 11.9. The third kappa shape index (κ3) is 5.30. The Balaban J connectivity index is 2.61. The fourth-order valence-corrected chi connectivity index (χ4v) is 1.96. The summed E-state index contributed by atoms with van der Waals surface area (Å²) in [6.45, 7) is 6.57. The molecule has 1 fully saturated rings. The van der Waals surface area contributed by atoms with E-state index in [-0.39, 0.29) is 18.2 Å². The van der Waals surface area contributed by atoms with Gasteiger partial charge >= 0.3 is 6.09 Å². The summed E-state index contributed by atoms with van der Waals surface area (Å²) < 4.78 is 5.37. The maximum atomic E-state index is 12.1. The molecule has 0 unspecified atom stereocenters. The number of hydrogen-bond acceptors (Lipinski definition) is 5. The molecule has 6 nitrogen and oxygen atoms in total. The van der Waals surface area contributed by atoms with Crippen molar-refractivity contribution in [3.63, 3.8) is 0 Å². The minimum atomic E-state index is -0.500. The van der Waals surface area contributed by atoms with Crippen LogP contribution in [0.1, 0.15) is 27.2 Å². The van der Waals surface area contributed by atoms with Gasteiger partial charge in [-0.1, -0.05) is 0 Å². The third-order valence-corrected chi connectivity index (χ3v) is 2.69. The van der Waals surface area contributed by atoms with Crippen molar-refractivity contribution in [2.75, 3.05) is 13.1 Å². The average molecular weight is 268 g/mol. The van der Waals surface area contributed by atoms with Crippen molar-refractivity contribution in [1.29, 1.82) is 0 Å². The summed E-state index contributed by atoms with van der Waals surface area (Å²) in [5.74, 6) is 0. The number of allylic oxidation sites excluding steroid dienone is 1. The molecule has 0 bridgehead atoms. The van der Waals surface area contributed by atoms with Crippen LogP contribution in [-0.2, 0) is 4.74 Å². The molecule has 0 aromatic heterocycles. The maximum absolute atomic E-state index is 12.1. The van der Waals surface area contributed by atoms with Crippen molar-refractivity contribution < 1.29 is 9.53 Å². The maximum Gasteiger partial charge on any atom is 0.410 e. The van der Waals surface area contributed by atoms with Crippen LogP contribution in [0.25, 0.3) is 0 Å². The Morgan fingerprint density at radius 1 is 1.53 bits per heavy atom. The fraction of sp³-hybridized carbons (Fsp3) is 0.692. The van der Waals surface area contributed by atoms with Gasteiger partial charge in [0.25, 0.3) is 0 Å². The second-order valence-corrected chi connectivity index (χ2v) is 5.68. The van der Waals surface area contributed by atoms with Crippen LogP contribution in [0.4, 0.5) is 4.79 Å². The monoisotopic (exact) mass is 268 g/mol. The predicted octanol–water partition coefficient (Wildman–Crippen LogP) is 0.866. The van der Waals surface area contributed by atoms with Crippen LogP contribution >= 0.6 is 0 Å². The first-order valence-corrected chi connectivity index (χ1v) is 6.45. The third-order valence-electron chi connectivity index (χ3n) is 2.69. The molecule has 0 radical (unpaired) electrons. The summed E-state index contributed by atoms with van der Waals surface area (Å²) in [5.41, 5.74) is 10.6. The molecule has 1 aliphatic heterocycles. The first kappa shape index (κ1) is 15.5. The Kier molecular flexibility index (Phi) is 5.35. The van der Waals surface area contributed by atoms with Crippen LogP contribution in [-0.4, -0.2) is 48.0 Å². The number of hydrogen-bond donors (Lipinski definition) is 2. The second kappa shape index (κ2) is 6.56. The van der Waals surface area contributed by atoms with E-state index in [4.69, 9.17) is 16.2 Å². The summed E-state index contributed by atoms with van der Waals surface area (Å²) in [6, 6.07) is -0.0231. The Labute approximate surface area is 114 Å². The number of nitrogens with zero attached hydrogens (tertiary/aromatic N) is 2. The van der Waals surface area contributed by atoms with E-state index in [1.54, 1.807) is 17.2 Å². The Morgan fingerprint density at radius 2 is 2.21 bits per heavy atom. The van der Waals surface area contributed by atoms with Gasteiger partial charge in [-0.15, -0.1) is 0 Å². The van der Waals surface area contributed by atoms with Crippen LogP contribution in [0.2, 0.25) is 0 Å². The van der Waals surface area contributed by atoms with Crippen LogP contribution in [0.3, 0.4) is 0 Å². The molecule has 4 N–H and O–H groups in total. The zero-order valence-electron chi connectivity index (χ0n) is 11.9. The quantitative estimate of drug-likeness (QED) is 0.742. The molecule has 1 saturated heterocycles. The first-order valence-electron chi connectivity index (χ1n) is 6.45. The minimum absolute atomic E-state index is 0.00715. The highest BCUT2D eigenvalue weighted by molar-refractivity contribution is 5.71. The van der Waals surface area contributed by atoms with E-state index >= 15 is 0 Å². The van der Waals surface area contributed by atoms with Crippen molar-refractivity contribution in [2.45, 2.75) is 44.9 Å². The van der Waals surface area contributed by atoms with Gasteiger partial charge < -0.3 is 21.1 Å². The lowest BCUT2D eigenvalue weighted by Gasteiger charge is -2.27. The lowest BCUT2D eigenvalue weighted by molar-refractivity contribution is 0.0231. The molecule has 1 aliphatic rings. The molecule has 0 aliphatic carbocycles. The molecule has 0 aromatic carbocycles. The van der Waals surface area contributed by atoms with Gasteiger partial charge in [0, 0.05) is 18.8 Å².